The van der Waals surface area contributed by atoms with Gasteiger partial charge in [0.25, 0.3) is 0 Å². The Hall–Kier alpha value is -3.13. The SMILES string of the molecule is CCOc1cccc(C(=O)C2=C(c3ccccc3)c3ccccc3CC2)c1. The van der Waals surface area contributed by atoms with Crippen LogP contribution in [0.15, 0.2) is 84.4 Å². The maximum absolute atomic E-state index is 13.4. The van der Waals surface area contributed by atoms with E-state index in [0.29, 0.717) is 12.2 Å². The van der Waals surface area contributed by atoms with Crippen molar-refractivity contribution >= 4 is 11.4 Å². The van der Waals surface area contributed by atoms with E-state index >= 15 is 0 Å². The topological polar surface area (TPSA) is 26.3 Å². The van der Waals surface area contributed by atoms with Gasteiger partial charge in [-0.05, 0) is 54.2 Å². The van der Waals surface area contributed by atoms with Crippen LogP contribution in [0.3, 0.4) is 0 Å². The molecule has 0 saturated carbocycles. The Bertz CT molecular complexity index is 1000. The van der Waals surface area contributed by atoms with Crippen LogP contribution in [0.5, 0.6) is 5.75 Å². The first-order valence-electron chi connectivity index (χ1n) is 9.42. The number of rotatable bonds is 5. The van der Waals surface area contributed by atoms with Gasteiger partial charge in [-0.3, -0.25) is 4.79 Å². The monoisotopic (exact) mass is 354 g/mol. The van der Waals surface area contributed by atoms with Crippen LogP contribution in [0.25, 0.3) is 5.57 Å². The summed E-state index contributed by atoms with van der Waals surface area (Å²) in [6.07, 6.45) is 1.64. The molecule has 0 heterocycles. The normalized spacial score (nSPS) is 13.2. The highest BCUT2D eigenvalue weighted by Gasteiger charge is 2.25. The number of ether oxygens (including phenoxy) is 1. The van der Waals surface area contributed by atoms with Crippen molar-refractivity contribution in [1.82, 2.24) is 0 Å². The van der Waals surface area contributed by atoms with Gasteiger partial charge in [-0.1, -0.05) is 66.7 Å². The molecule has 3 aromatic rings. The zero-order valence-electron chi connectivity index (χ0n) is 15.4. The Balaban J connectivity index is 1.86. The fraction of sp³-hybridized carbons (Fsp3) is 0.160. The lowest BCUT2D eigenvalue weighted by molar-refractivity contribution is 0.103. The molecular formula is C25H22O2. The molecule has 0 saturated heterocycles. The summed E-state index contributed by atoms with van der Waals surface area (Å²) in [7, 11) is 0. The highest BCUT2D eigenvalue weighted by molar-refractivity contribution is 6.15. The van der Waals surface area contributed by atoms with Crippen molar-refractivity contribution in [3.63, 3.8) is 0 Å². The Morgan fingerprint density at radius 1 is 0.889 bits per heavy atom. The summed E-state index contributed by atoms with van der Waals surface area (Å²) in [5.74, 6) is 0.825. The van der Waals surface area contributed by atoms with Crippen LogP contribution < -0.4 is 4.74 Å². The molecule has 0 amide bonds. The lowest BCUT2D eigenvalue weighted by Crippen LogP contribution is -2.14. The largest absolute Gasteiger partial charge is 0.494 e. The van der Waals surface area contributed by atoms with Gasteiger partial charge in [0.05, 0.1) is 6.61 Å². The van der Waals surface area contributed by atoms with Crippen LogP contribution in [0.4, 0.5) is 0 Å². The number of Topliss-reactive ketones (excluding diaryl/α,β-unsaturated/α-hetero) is 1. The molecule has 2 nitrogen and oxygen atoms in total. The minimum absolute atomic E-state index is 0.0879. The predicted octanol–water partition coefficient (Wildman–Crippen LogP) is 5.72. The molecule has 3 aromatic carbocycles. The zero-order valence-corrected chi connectivity index (χ0v) is 15.4. The van der Waals surface area contributed by atoms with E-state index in [0.717, 1.165) is 35.3 Å². The maximum atomic E-state index is 13.4. The van der Waals surface area contributed by atoms with Gasteiger partial charge >= 0.3 is 0 Å². The van der Waals surface area contributed by atoms with Crippen molar-refractivity contribution in [3.05, 3.63) is 107 Å². The summed E-state index contributed by atoms with van der Waals surface area (Å²) < 4.78 is 5.58. The van der Waals surface area contributed by atoms with Crippen LogP contribution in [-0.4, -0.2) is 12.4 Å². The molecule has 4 rings (SSSR count). The Morgan fingerprint density at radius 3 is 2.48 bits per heavy atom. The van der Waals surface area contributed by atoms with E-state index in [1.807, 2.05) is 55.5 Å². The van der Waals surface area contributed by atoms with Crippen molar-refractivity contribution in [3.8, 4) is 5.75 Å². The molecule has 134 valence electrons. The molecular weight excluding hydrogens is 332 g/mol. The van der Waals surface area contributed by atoms with Crippen molar-refractivity contribution in [2.24, 2.45) is 0 Å². The summed E-state index contributed by atoms with van der Waals surface area (Å²) in [6, 6.07) is 26.1. The Kier molecular flexibility index (Phi) is 4.88. The molecule has 27 heavy (non-hydrogen) atoms. The molecule has 1 aliphatic carbocycles. The van der Waals surface area contributed by atoms with Gasteiger partial charge in [-0.25, -0.2) is 0 Å². The smallest absolute Gasteiger partial charge is 0.189 e. The third-order valence-electron chi connectivity index (χ3n) is 4.98. The molecule has 0 fully saturated rings. The van der Waals surface area contributed by atoms with Gasteiger partial charge in [0, 0.05) is 11.1 Å². The highest BCUT2D eigenvalue weighted by Crippen LogP contribution is 2.37. The number of carbonyl (C=O) groups excluding carboxylic acids is 1. The summed E-state index contributed by atoms with van der Waals surface area (Å²) in [6.45, 7) is 2.53. The third-order valence-corrected chi connectivity index (χ3v) is 4.98. The average Bonchev–Trinajstić information content (AvgIpc) is 2.73. The first kappa shape index (κ1) is 17.3. The number of hydrogen-bond donors (Lipinski definition) is 0. The second-order valence-electron chi connectivity index (χ2n) is 6.67. The lowest BCUT2D eigenvalue weighted by Gasteiger charge is -2.23. The van der Waals surface area contributed by atoms with Gasteiger partial charge in [0.1, 0.15) is 5.75 Å². The van der Waals surface area contributed by atoms with Crippen LogP contribution >= 0.6 is 0 Å². The van der Waals surface area contributed by atoms with Gasteiger partial charge in [0.15, 0.2) is 5.78 Å². The number of aryl methyl sites for hydroxylation is 1. The van der Waals surface area contributed by atoms with E-state index in [-0.39, 0.29) is 5.78 Å². The predicted molar refractivity (Wildman–Crippen MR) is 109 cm³/mol. The number of fused-ring (bicyclic) bond motifs is 1. The van der Waals surface area contributed by atoms with Crippen molar-refractivity contribution in [1.29, 1.82) is 0 Å². The molecule has 0 atom stereocenters. The number of carbonyl (C=O) groups is 1. The number of allylic oxidation sites excluding steroid dienone is 1. The Morgan fingerprint density at radius 2 is 1.67 bits per heavy atom. The van der Waals surface area contributed by atoms with Gasteiger partial charge in [-0.15, -0.1) is 0 Å². The maximum Gasteiger partial charge on any atom is 0.189 e. The van der Waals surface area contributed by atoms with E-state index in [9.17, 15) is 4.79 Å². The molecule has 1 aliphatic rings. The van der Waals surface area contributed by atoms with Crippen molar-refractivity contribution in [2.45, 2.75) is 19.8 Å². The molecule has 0 radical (unpaired) electrons. The average molecular weight is 354 g/mol. The molecule has 2 heteroatoms. The van der Waals surface area contributed by atoms with E-state index in [1.165, 1.54) is 11.1 Å². The number of ketones is 1. The van der Waals surface area contributed by atoms with Crippen LogP contribution in [0.2, 0.25) is 0 Å². The van der Waals surface area contributed by atoms with Gasteiger partial charge < -0.3 is 4.74 Å². The van der Waals surface area contributed by atoms with E-state index in [4.69, 9.17) is 4.74 Å². The standard InChI is InChI=1S/C25H22O2/c1-2-27-21-13-8-12-20(17-21)25(26)23-16-15-18-9-6-7-14-22(18)24(23)19-10-4-3-5-11-19/h3-14,17H,2,15-16H2,1H3. The third kappa shape index (κ3) is 3.43. The first-order chi connectivity index (χ1) is 13.3. The fourth-order valence-electron chi connectivity index (χ4n) is 3.76. The summed E-state index contributed by atoms with van der Waals surface area (Å²) in [4.78, 5) is 13.4. The van der Waals surface area contributed by atoms with Crippen LogP contribution in [0.1, 0.15) is 40.4 Å². The summed E-state index contributed by atoms with van der Waals surface area (Å²) in [5, 5.41) is 0. The fourth-order valence-corrected chi connectivity index (χ4v) is 3.76. The highest BCUT2D eigenvalue weighted by atomic mass is 16.5. The van der Waals surface area contributed by atoms with E-state index in [1.54, 1.807) is 0 Å². The molecule has 0 unspecified atom stereocenters. The molecule has 0 bridgehead atoms. The molecule has 0 aromatic heterocycles. The van der Waals surface area contributed by atoms with E-state index in [2.05, 4.69) is 30.3 Å². The second-order valence-corrected chi connectivity index (χ2v) is 6.67. The minimum atomic E-state index is 0.0879. The Labute approximate surface area is 160 Å². The number of benzene rings is 3. The summed E-state index contributed by atoms with van der Waals surface area (Å²) in [5.41, 5.74) is 6.19. The molecule has 0 N–H and O–H groups in total. The summed E-state index contributed by atoms with van der Waals surface area (Å²) >= 11 is 0. The van der Waals surface area contributed by atoms with E-state index < -0.39 is 0 Å². The second kappa shape index (κ2) is 7.63. The molecule has 0 aliphatic heterocycles. The van der Waals surface area contributed by atoms with Crippen LogP contribution in [0, 0.1) is 0 Å². The van der Waals surface area contributed by atoms with Gasteiger partial charge in [0.2, 0.25) is 0 Å². The van der Waals surface area contributed by atoms with Crippen molar-refractivity contribution < 1.29 is 9.53 Å². The van der Waals surface area contributed by atoms with Crippen LogP contribution in [-0.2, 0) is 6.42 Å². The van der Waals surface area contributed by atoms with Gasteiger partial charge in [-0.2, -0.15) is 0 Å². The molecule has 0 spiro atoms. The zero-order chi connectivity index (χ0) is 18.6. The lowest BCUT2D eigenvalue weighted by atomic mass is 9.80. The first-order valence-corrected chi connectivity index (χ1v) is 9.42. The minimum Gasteiger partial charge on any atom is -0.494 e. The quantitative estimate of drug-likeness (QED) is 0.548. The van der Waals surface area contributed by atoms with Crippen molar-refractivity contribution in [2.75, 3.05) is 6.61 Å². The number of hydrogen-bond acceptors (Lipinski definition) is 2.